The predicted molar refractivity (Wildman–Crippen MR) is 105 cm³/mol. The van der Waals surface area contributed by atoms with E-state index >= 15 is 0 Å². The molecule has 1 saturated carbocycles. The highest BCUT2D eigenvalue weighted by atomic mass is 79.9. The minimum absolute atomic E-state index is 0.119. The number of rotatable bonds is 5. The fourth-order valence-electron chi connectivity index (χ4n) is 3.75. The number of carbonyl (C=O) groups excluding carboxylic acids is 1. The van der Waals surface area contributed by atoms with Crippen LogP contribution in [0.15, 0.2) is 21.5 Å². The molecule has 1 aliphatic heterocycles. The van der Waals surface area contributed by atoms with Crippen LogP contribution in [0, 0.1) is 5.92 Å². The van der Waals surface area contributed by atoms with Crippen molar-refractivity contribution < 1.29 is 22.7 Å². The summed E-state index contributed by atoms with van der Waals surface area (Å²) < 4.78 is 38.5. The van der Waals surface area contributed by atoms with Crippen LogP contribution in [-0.4, -0.2) is 63.9 Å². The first-order valence-corrected chi connectivity index (χ1v) is 11.3. The molecule has 0 bridgehead atoms. The first-order chi connectivity index (χ1) is 12.9. The maximum Gasteiger partial charge on any atom is 0.244 e. The summed E-state index contributed by atoms with van der Waals surface area (Å²) in [6, 6.07) is 3.06. The number of ether oxygens (including phenoxy) is 2. The molecule has 0 radical (unpaired) electrons. The molecule has 7 nitrogen and oxygen atoms in total. The van der Waals surface area contributed by atoms with E-state index in [9.17, 15) is 13.2 Å². The van der Waals surface area contributed by atoms with Gasteiger partial charge in [-0.1, -0.05) is 12.8 Å². The largest absolute Gasteiger partial charge is 0.493 e. The van der Waals surface area contributed by atoms with Crippen molar-refractivity contribution in [1.82, 2.24) is 9.21 Å². The van der Waals surface area contributed by atoms with Gasteiger partial charge in [-0.2, -0.15) is 4.31 Å². The molecule has 3 rings (SSSR count). The van der Waals surface area contributed by atoms with Gasteiger partial charge < -0.3 is 14.4 Å². The van der Waals surface area contributed by atoms with Crippen molar-refractivity contribution in [3.05, 3.63) is 16.6 Å². The van der Waals surface area contributed by atoms with Gasteiger partial charge in [0, 0.05) is 42.6 Å². The number of halogens is 1. The summed E-state index contributed by atoms with van der Waals surface area (Å²) in [5, 5.41) is 0. The average molecular weight is 461 g/mol. The number of carbonyl (C=O) groups is 1. The van der Waals surface area contributed by atoms with Gasteiger partial charge >= 0.3 is 0 Å². The van der Waals surface area contributed by atoms with Crippen molar-refractivity contribution in [2.45, 2.75) is 30.6 Å². The molecule has 1 saturated heterocycles. The number of hydrogen-bond acceptors (Lipinski definition) is 5. The van der Waals surface area contributed by atoms with Gasteiger partial charge in [0.25, 0.3) is 0 Å². The Bertz CT molecular complexity index is 800. The summed E-state index contributed by atoms with van der Waals surface area (Å²) in [7, 11) is -0.739. The van der Waals surface area contributed by atoms with E-state index in [0.717, 1.165) is 25.7 Å². The van der Waals surface area contributed by atoms with Gasteiger partial charge in [-0.05, 0) is 34.8 Å². The van der Waals surface area contributed by atoms with Gasteiger partial charge in [-0.15, -0.1) is 0 Å². The van der Waals surface area contributed by atoms with Crippen LogP contribution in [0.25, 0.3) is 0 Å². The number of amides is 1. The zero-order valence-corrected chi connectivity index (χ0v) is 18.0. The average Bonchev–Trinajstić information content (AvgIpc) is 3.21. The first-order valence-electron chi connectivity index (χ1n) is 9.09. The van der Waals surface area contributed by atoms with Gasteiger partial charge in [0.2, 0.25) is 15.9 Å². The van der Waals surface area contributed by atoms with Crippen LogP contribution in [-0.2, 0) is 14.8 Å². The van der Waals surface area contributed by atoms with Gasteiger partial charge in [-0.3, -0.25) is 4.79 Å². The van der Waals surface area contributed by atoms with Crippen LogP contribution in [0.3, 0.4) is 0 Å². The number of sulfonamides is 1. The Morgan fingerprint density at radius 1 is 1.04 bits per heavy atom. The van der Waals surface area contributed by atoms with Crippen LogP contribution in [0.5, 0.6) is 11.5 Å². The van der Waals surface area contributed by atoms with Gasteiger partial charge in [0.05, 0.1) is 14.2 Å². The number of methoxy groups -OCH3 is 2. The zero-order valence-electron chi connectivity index (χ0n) is 15.6. The van der Waals surface area contributed by atoms with Crippen molar-refractivity contribution in [2.24, 2.45) is 5.92 Å². The number of benzene rings is 1. The molecule has 0 aromatic heterocycles. The number of piperazine rings is 1. The topological polar surface area (TPSA) is 76.2 Å². The molecule has 0 N–H and O–H groups in total. The Labute approximate surface area is 168 Å². The summed E-state index contributed by atoms with van der Waals surface area (Å²) in [6.07, 6.45) is 4.13. The Kier molecular flexibility index (Phi) is 6.32. The Morgan fingerprint density at radius 3 is 2.15 bits per heavy atom. The summed E-state index contributed by atoms with van der Waals surface area (Å²) >= 11 is 3.33. The predicted octanol–water partition coefficient (Wildman–Crippen LogP) is 2.49. The SMILES string of the molecule is COc1cc(Br)c(S(=O)(=O)N2CCN(C(=O)C3CCCC3)CC2)cc1OC. The van der Waals surface area contributed by atoms with E-state index in [4.69, 9.17) is 9.47 Å². The summed E-state index contributed by atoms with van der Waals surface area (Å²) in [5.74, 6) is 1.11. The van der Waals surface area contributed by atoms with Crippen LogP contribution in [0.2, 0.25) is 0 Å². The maximum atomic E-state index is 13.1. The van der Waals surface area contributed by atoms with Crippen molar-refractivity contribution >= 4 is 31.9 Å². The Balaban J connectivity index is 1.74. The van der Waals surface area contributed by atoms with Crippen molar-refractivity contribution in [3.63, 3.8) is 0 Å². The lowest BCUT2D eigenvalue weighted by Gasteiger charge is -2.35. The molecule has 1 aromatic rings. The third-order valence-corrected chi connectivity index (χ3v) is 8.17. The Hall–Kier alpha value is -1.32. The zero-order chi connectivity index (χ0) is 19.6. The normalized spacial score (nSPS) is 19.3. The molecular formula is C18H25BrN2O5S. The van der Waals surface area contributed by atoms with E-state index in [1.54, 1.807) is 6.07 Å². The monoisotopic (exact) mass is 460 g/mol. The highest BCUT2D eigenvalue weighted by Gasteiger charge is 2.34. The quantitative estimate of drug-likeness (QED) is 0.674. The molecular weight excluding hydrogens is 436 g/mol. The van der Waals surface area contributed by atoms with Crippen LogP contribution >= 0.6 is 15.9 Å². The van der Waals surface area contributed by atoms with Crippen LogP contribution in [0.4, 0.5) is 0 Å². The van der Waals surface area contributed by atoms with E-state index in [0.29, 0.717) is 42.2 Å². The van der Waals surface area contributed by atoms with Gasteiger partial charge in [0.1, 0.15) is 4.90 Å². The molecule has 150 valence electrons. The summed E-state index contributed by atoms with van der Waals surface area (Å²) in [5.41, 5.74) is 0. The fraction of sp³-hybridized carbons (Fsp3) is 0.611. The third-order valence-electron chi connectivity index (χ3n) is 5.31. The van der Waals surface area contributed by atoms with Crippen molar-refractivity contribution in [3.8, 4) is 11.5 Å². The number of hydrogen-bond donors (Lipinski definition) is 0. The molecule has 1 amide bonds. The molecule has 0 unspecified atom stereocenters. The van der Waals surface area contributed by atoms with Crippen LogP contribution < -0.4 is 9.47 Å². The lowest BCUT2D eigenvalue weighted by atomic mass is 10.1. The second kappa shape index (κ2) is 8.36. The molecule has 1 aromatic carbocycles. The van der Waals surface area contributed by atoms with Crippen LogP contribution in [0.1, 0.15) is 25.7 Å². The number of nitrogens with zero attached hydrogens (tertiary/aromatic N) is 2. The summed E-state index contributed by atoms with van der Waals surface area (Å²) in [4.78, 5) is 14.5. The fourth-order valence-corrected chi connectivity index (χ4v) is 6.17. The first kappa shape index (κ1) is 20.4. The highest BCUT2D eigenvalue weighted by molar-refractivity contribution is 9.10. The van der Waals surface area contributed by atoms with Crippen molar-refractivity contribution in [2.75, 3.05) is 40.4 Å². The summed E-state index contributed by atoms with van der Waals surface area (Å²) in [6.45, 7) is 1.45. The second-order valence-electron chi connectivity index (χ2n) is 6.85. The molecule has 1 aliphatic carbocycles. The maximum absolute atomic E-state index is 13.1. The molecule has 0 atom stereocenters. The standard InChI is InChI=1S/C18H25BrN2O5S/c1-25-15-11-14(19)17(12-16(15)26-2)27(23,24)21-9-7-20(8-10-21)18(22)13-5-3-4-6-13/h11-13H,3-10H2,1-2H3. The van der Waals surface area contributed by atoms with E-state index in [1.165, 1.54) is 24.6 Å². The molecule has 9 heteroatoms. The Morgan fingerprint density at radius 2 is 1.59 bits per heavy atom. The minimum Gasteiger partial charge on any atom is -0.493 e. The smallest absolute Gasteiger partial charge is 0.244 e. The molecule has 2 fully saturated rings. The van der Waals surface area contributed by atoms with E-state index in [-0.39, 0.29) is 16.7 Å². The molecule has 0 spiro atoms. The van der Waals surface area contributed by atoms with E-state index in [1.807, 2.05) is 4.90 Å². The molecule has 1 heterocycles. The molecule has 27 heavy (non-hydrogen) atoms. The lowest BCUT2D eigenvalue weighted by molar-refractivity contribution is -0.136. The van der Waals surface area contributed by atoms with E-state index in [2.05, 4.69) is 15.9 Å². The minimum atomic E-state index is -3.71. The second-order valence-corrected chi connectivity index (χ2v) is 9.61. The van der Waals surface area contributed by atoms with Crippen molar-refractivity contribution in [1.29, 1.82) is 0 Å². The van der Waals surface area contributed by atoms with E-state index < -0.39 is 10.0 Å². The third kappa shape index (κ3) is 4.09. The molecule has 2 aliphatic rings. The van der Waals surface area contributed by atoms with Gasteiger partial charge in [-0.25, -0.2) is 8.42 Å². The lowest BCUT2D eigenvalue weighted by Crippen LogP contribution is -2.51. The van der Waals surface area contributed by atoms with Gasteiger partial charge in [0.15, 0.2) is 11.5 Å². The highest BCUT2D eigenvalue weighted by Crippen LogP contribution is 2.37.